The SMILES string of the molecule is CCc1ccccc1CNCc1cccc(F)c1O. The highest BCUT2D eigenvalue weighted by Gasteiger charge is 2.06. The Morgan fingerprint density at radius 3 is 2.32 bits per heavy atom. The molecular formula is C16H18FNO. The molecule has 0 aliphatic carbocycles. The number of hydrogen-bond acceptors (Lipinski definition) is 2. The van der Waals surface area contributed by atoms with Crippen molar-refractivity contribution in [3.8, 4) is 5.75 Å². The summed E-state index contributed by atoms with van der Waals surface area (Å²) in [5, 5.41) is 12.8. The van der Waals surface area contributed by atoms with Gasteiger partial charge in [0.25, 0.3) is 0 Å². The van der Waals surface area contributed by atoms with Crippen LogP contribution in [0.25, 0.3) is 0 Å². The normalized spacial score (nSPS) is 10.6. The highest BCUT2D eigenvalue weighted by molar-refractivity contribution is 5.33. The molecule has 0 atom stereocenters. The maximum Gasteiger partial charge on any atom is 0.165 e. The van der Waals surface area contributed by atoms with E-state index in [-0.39, 0.29) is 5.75 Å². The van der Waals surface area contributed by atoms with Crippen LogP contribution in [0.15, 0.2) is 42.5 Å². The number of aromatic hydroxyl groups is 1. The number of aryl methyl sites for hydroxylation is 1. The molecule has 100 valence electrons. The van der Waals surface area contributed by atoms with Crippen LogP contribution in [0, 0.1) is 5.82 Å². The van der Waals surface area contributed by atoms with Gasteiger partial charge in [-0.2, -0.15) is 0 Å². The third-order valence-corrected chi connectivity index (χ3v) is 3.20. The molecule has 0 fully saturated rings. The number of halogens is 1. The second-order valence-corrected chi connectivity index (χ2v) is 4.47. The molecule has 0 spiro atoms. The van der Waals surface area contributed by atoms with Gasteiger partial charge in [0, 0.05) is 18.7 Å². The monoisotopic (exact) mass is 259 g/mol. The lowest BCUT2D eigenvalue weighted by Gasteiger charge is -2.10. The molecule has 0 aromatic heterocycles. The molecule has 0 unspecified atom stereocenters. The van der Waals surface area contributed by atoms with Gasteiger partial charge in [-0.15, -0.1) is 0 Å². The molecular weight excluding hydrogens is 241 g/mol. The summed E-state index contributed by atoms with van der Waals surface area (Å²) in [6.07, 6.45) is 0.989. The van der Waals surface area contributed by atoms with Crippen molar-refractivity contribution in [2.75, 3.05) is 0 Å². The van der Waals surface area contributed by atoms with E-state index in [4.69, 9.17) is 0 Å². The van der Waals surface area contributed by atoms with Crippen LogP contribution in [0.2, 0.25) is 0 Å². The van der Waals surface area contributed by atoms with Crippen LogP contribution < -0.4 is 5.32 Å². The lowest BCUT2D eigenvalue weighted by Crippen LogP contribution is -2.14. The first-order valence-electron chi connectivity index (χ1n) is 6.46. The Balaban J connectivity index is 1.98. The van der Waals surface area contributed by atoms with Crippen molar-refractivity contribution in [2.45, 2.75) is 26.4 Å². The van der Waals surface area contributed by atoms with Crippen LogP contribution in [0.1, 0.15) is 23.6 Å². The number of phenols is 1. The van der Waals surface area contributed by atoms with E-state index < -0.39 is 5.82 Å². The highest BCUT2D eigenvalue weighted by atomic mass is 19.1. The standard InChI is InChI=1S/C16H18FNO/c1-2-12-6-3-4-7-13(12)10-18-11-14-8-5-9-15(17)16(14)19/h3-9,18-19H,2,10-11H2,1H3. The molecule has 0 saturated carbocycles. The summed E-state index contributed by atoms with van der Waals surface area (Å²) < 4.78 is 13.2. The molecule has 2 N–H and O–H groups in total. The molecule has 19 heavy (non-hydrogen) atoms. The van der Waals surface area contributed by atoms with E-state index in [0.717, 1.165) is 6.42 Å². The molecule has 0 bridgehead atoms. The van der Waals surface area contributed by atoms with Gasteiger partial charge < -0.3 is 10.4 Å². The zero-order valence-electron chi connectivity index (χ0n) is 11.0. The number of rotatable bonds is 5. The third-order valence-electron chi connectivity index (χ3n) is 3.20. The number of benzene rings is 2. The zero-order valence-corrected chi connectivity index (χ0v) is 11.0. The number of nitrogens with one attached hydrogen (secondary N) is 1. The third kappa shape index (κ3) is 3.32. The van der Waals surface area contributed by atoms with Gasteiger partial charge in [0.1, 0.15) is 0 Å². The lowest BCUT2D eigenvalue weighted by molar-refractivity contribution is 0.423. The summed E-state index contributed by atoms with van der Waals surface area (Å²) in [4.78, 5) is 0. The van der Waals surface area contributed by atoms with Crippen molar-refractivity contribution in [1.82, 2.24) is 5.32 Å². The van der Waals surface area contributed by atoms with Gasteiger partial charge in [0.05, 0.1) is 0 Å². The summed E-state index contributed by atoms with van der Waals surface area (Å²) in [6.45, 7) is 3.28. The smallest absolute Gasteiger partial charge is 0.165 e. The predicted molar refractivity (Wildman–Crippen MR) is 74.4 cm³/mol. The van der Waals surface area contributed by atoms with Gasteiger partial charge in [-0.05, 0) is 23.6 Å². The van der Waals surface area contributed by atoms with Crippen LogP contribution in [-0.2, 0) is 19.5 Å². The van der Waals surface area contributed by atoms with Crippen LogP contribution in [-0.4, -0.2) is 5.11 Å². The van der Waals surface area contributed by atoms with Crippen molar-refractivity contribution < 1.29 is 9.50 Å². The minimum Gasteiger partial charge on any atom is -0.505 e. The van der Waals surface area contributed by atoms with E-state index in [9.17, 15) is 9.50 Å². The number of para-hydroxylation sites is 1. The Labute approximate surface area is 112 Å². The van der Waals surface area contributed by atoms with Gasteiger partial charge in [-0.1, -0.05) is 43.3 Å². The second kappa shape index (κ2) is 6.34. The molecule has 0 aliphatic heterocycles. The molecule has 0 aliphatic rings. The summed E-state index contributed by atoms with van der Waals surface area (Å²) in [5.41, 5.74) is 3.12. The van der Waals surface area contributed by atoms with Crippen LogP contribution >= 0.6 is 0 Å². The Morgan fingerprint density at radius 1 is 0.947 bits per heavy atom. The molecule has 0 radical (unpaired) electrons. The van der Waals surface area contributed by atoms with Gasteiger partial charge in [-0.3, -0.25) is 0 Å². The van der Waals surface area contributed by atoms with E-state index in [1.165, 1.54) is 17.2 Å². The average Bonchev–Trinajstić information content (AvgIpc) is 2.44. The van der Waals surface area contributed by atoms with Crippen molar-refractivity contribution in [1.29, 1.82) is 0 Å². The molecule has 0 heterocycles. The Morgan fingerprint density at radius 2 is 1.58 bits per heavy atom. The number of phenolic OH excluding ortho intramolecular Hbond substituents is 1. The fourth-order valence-corrected chi connectivity index (χ4v) is 2.11. The first-order valence-corrected chi connectivity index (χ1v) is 6.46. The van der Waals surface area contributed by atoms with Crippen molar-refractivity contribution in [3.63, 3.8) is 0 Å². The van der Waals surface area contributed by atoms with E-state index in [2.05, 4.69) is 24.4 Å². The zero-order chi connectivity index (χ0) is 13.7. The molecule has 0 saturated heterocycles. The predicted octanol–water partition coefficient (Wildman–Crippen LogP) is 3.38. The van der Waals surface area contributed by atoms with Gasteiger partial charge in [0.15, 0.2) is 11.6 Å². The molecule has 2 rings (SSSR count). The quantitative estimate of drug-likeness (QED) is 0.862. The van der Waals surface area contributed by atoms with E-state index in [1.807, 2.05) is 12.1 Å². The minimum atomic E-state index is -0.576. The molecule has 2 aromatic rings. The average molecular weight is 259 g/mol. The van der Waals surface area contributed by atoms with E-state index >= 15 is 0 Å². The van der Waals surface area contributed by atoms with Crippen molar-refractivity contribution in [2.24, 2.45) is 0 Å². The Bertz CT molecular complexity index is 554. The first kappa shape index (κ1) is 13.6. The molecule has 0 amide bonds. The summed E-state index contributed by atoms with van der Waals surface area (Å²) in [6, 6.07) is 12.8. The summed E-state index contributed by atoms with van der Waals surface area (Å²) in [7, 11) is 0. The van der Waals surface area contributed by atoms with Crippen molar-refractivity contribution >= 4 is 0 Å². The fourth-order valence-electron chi connectivity index (χ4n) is 2.11. The molecule has 2 aromatic carbocycles. The lowest BCUT2D eigenvalue weighted by atomic mass is 10.1. The van der Waals surface area contributed by atoms with Gasteiger partial charge in [0.2, 0.25) is 0 Å². The topological polar surface area (TPSA) is 32.3 Å². The largest absolute Gasteiger partial charge is 0.505 e. The first-order chi connectivity index (χ1) is 9.22. The van der Waals surface area contributed by atoms with Crippen LogP contribution in [0.5, 0.6) is 5.75 Å². The summed E-state index contributed by atoms with van der Waals surface area (Å²) >= 11 is 0. The van der Waals surface area contributed by atoms with E-state index in [1.54, 1.807) is 12.1 Å². The Hall–Kier alpha value is -1.87. The molecule has 2 nitrogen and oxygen atoms in total. The van der Waals surface area contributed by atoms with Crippen LogP contribution in [0.3, 0.4) is 0 Å². The number of hydrogen-bond donors (Lipinski definition) is 2. The maximum atomic E-state index is 13.2. The van der Waals surface area contributed by atoms with Gasteiger partial charge >= 0.3 is 0 Å². The van der Waals surface area contributed by atoms with Crippen LogP contribution in [0.4, 0.5) is 4.39 Å². The second-order valence-electron chi connectivity index (χ2n) is 4.47. The van der Waals surface area contributed by atoms with Gasteiger partial charge in [-0.25, -0.2) is 4.39 Å². The minimum absolute atomic E-state index is 0.265. The molecule has 3 heteroatoms. The Kier molecular flexibility index (Phi) is 4.53. The van der Waals surface area contributed by atoms with E-state index in [0.29, 0.717) is 18.7 Å². The highest BCUT2D eigenvalue weighted by Crippen LogP contribution is 2.20. The fraction of sp³-hybridized carbons (Fsp3) is 0.250. The maximum absolute atomic E-state index is 13.2. The van der Waals surface area contributed by atoms with Crippen molar-refractivity contribution in [3.05, 3.63) is 65.0 Å². The summed E-state index contributed by atoms with van der Waals surface area (Å²) in [5.74, 6) is -0.841.